The largest absolute Gasteiger partial charge is 0.382 e. The lowest BCUT2D eigenvalue weighted by Gasteiger charge is -2.28. The number of hydrogen-bond acceptors (Lipinski definition) is 6. The zero-order valence-electron chi connectivity index (χ0n) is 19.8. The normalized spacial score (nSPS) is 15.9. The van der Waals surface area contributed by atoms with Crippen molar-refractivity contribution in [1.29, 1.82) is 0 Å². The van der Waals surface area contributed by atoms with Crippen molar-refractivity contribution in [3.8, 4) is 0 Å². The number of aromatic nitrogens is 1. The molecule has 1 atom stereocenters. The molecule has 1 aliphatic rings. The number of nitrogens with one attached hydrogen (secondary N) is 2. The second-order valence-corrected chi connectivity index (χ2v) is 10.3. The van der Waals surface area contributed by atoms with Crippen LogP contribution in [0.2, 0.25) is 0 Å². The summed E-state index contributed by atoms with van der Waals surface area (Å²) in [5.41, 5.74) is 11.0. The predicted molar refractivity (Wildman–Crippen MR) is 139 cm³/mol. The summed E-state index contributed by atoms with van der Waals surface area (Å²) in [7, 11) is 2.22. The van der Waals surface area contributed by atoms with Gasteiger partial charge in [0.2, 0.25) is 0 Å². The van der Waals surface area contributed by atoms with Crippen LogP contribution < -0.4 is 16.4 Å². The number of pyridine rings is 1. The Morgan fingerprint density at radius 1 is 1.13 bits per heavy atom. The lowest BCUT2D eigenvalue weighted by Crippen LogP contribution is -2.33. The highest BCUT2D eigenvalue weighted by atomic mass is 32.1. The van der Waals surface area contributed by atoms with Gasteiger partial charge in [-0.25, -0.2) is 4.98 Å². The Balaban J connectivity index is 1.53. The van der Waals surface area contributed by atoms with Gasteiger partial charge in [0, 0.05) is 11.9 Å². The molecule has 0 amide bonds. The summed E-state index contributed by atoms with van der Waals surface area (Å²) in [4.78, 5) is 7.13. The highest BCUT2D eigenvalue weighted by molar-refractivity contribution is 7.80. The number of unbranched alkanes of at least 4 members (excludes halogenated alkanes) is 3. The van der Waals surface area contributed by atoms with Crippen molar-refractivity contribution in [3.63, 3.8) is 0 Å². The van der Waals surface area contributed by atoms with E-state index >= 15 is 0 Å². The molecule has 31 heavy (non-hydrogen) atoms. The number of thiol groups is 1. The molecule has 2 aromatic rings. The number of nitrogens with two attached hydrogens (primary N) is 1. The van der Waals surface area contributed by atoms with Gasteiger partial charge in [0.25, 0.3) is 0 Å². The second-order valence-electron chi connectivity index (χ2n) is 9.95. The fourth-order valence-electron chi connectivity index (χ4n) is 4.47. The molecule has 0 radical (unpaired) electrons. The molecule has 0 aliphatic carbocycles. The van der Waals surface area contributed by atoms with Crippen molar-refractivity contribution in [2.75, 3.05) is 42.3 Å². The van der Waals surface area contributed by atoms with E-state index in [-0.39, 0.29) is 11.6 Å². The predicted octanol–water partition coefficient (Wildman–Crippen LogP) is 5.77. The number of fused-ring (bicyclic) bond motifs is 3. The first-order valence-corrected chi connectivity index (χ1v) is 12.5. The Morgan fingerprint density at radius 3 is 2.65 bits per heavy atom. The van der Waals surface area contributed by atoms with Crippen molar-refractivity contribution in [2.45, 2.75) is 71.9 Å². The first-order chi connectivity index (χ1) is 14.8. The third-order valence-electron chi connectivity index (χ3n) is 6.19. The zero-order valence-corrected chi connectivity index (χ0v) is 20.7. The molecule has 0 saturated heterocycles. The van der Waals surface area contributed by atoms with Gasteiger partial charge in [-0.05, 0) is 68.5 Å². The summed E-state index contributed by atoms with van der Waals surface area (Å²) >= 11 is 4.46. The second kappa shape index (κ2) is 10.8. The first kappa shape index (κ1) is 24.0. The van der Waals surface area contributed by atoms with Crippen LogP contribution in [0.3, 0.4) is 0 Å². The molecule has 1 unspecified atom stereocenters. The van der Waals surface area contributed by atoms with Crippen molar-refractivity contribution >= 4 is 40.7 Å². The number of nitrogens with zero attached hydrogens (tertiary/aromatic N) is 2. The van der Waals surface area contributed by atoms with Crippen molar-refractivity contribution in [1.82, 2.24) is 9.88 Å². The van der Waals surface area contributed by atoms with Gasteiger partial charge in [-0.2, -0.15) is 12.6 Å². The third-order valence-corrected chi connectivity index (χ3v) is 7.05. The van der Waals surface area contributed by atoms with Gasteiger partial charge in [-0.1, -0.05) is 45.7 Å². The van der Waals surface area contributed by atoms with Crippen LogP contribution in [-0.2, 0) is 6.42 Å². The number of nitrogen functional groups attached to an aromatic ring is 1. The highest BCUT2D eigenvalue weighted by Gasteiger charge is 2.24. The van der Waals surface area contributed by atoms with Gasteiger partial charge in [0.15, 0.2) is 0 Å². The fraction of sp³-hybridized carbons (Fsp3) is 0.640. The zero-order chi connectivity index (χ0) is 22.4. The van der Waals surface area contributed by atoms with E-state index in [1.165, 1.54) is 37.7 Å². The molecule has 172 valence electrons. The molecule has 1 aromatic heterocycles. The van der Waals surface area contributed by atoms with E-state index in [1.54, 1.807) is 0 Å². The Morgan fingerprint density at radius 2 is 1.90 bits per heavy atom. The smallest absolute Gasteiger partial charge is 0.149 e. The van der Waals surface area contributed by atoms with E-state index < -0.39 is 0 Å². The SMILES string of the molecule is CCCCC1Nc2c(N)nc3cc(CCCCCN(C)CC(C)(C)CS)ccc3c2N1. The van der Waals surface area contributed by atoms with Crippen molar-refractivity contribution in [3.05, 3.63) is 23.8 Å². The van der Waals surface area contributed by atoms with Crippen LogP contribution in [0.5, 0.6) is 0 Å². The van der Waals surface area contributed by atoms with Crippen molar-refractivity contribution in [2.24, 2.45) is 5.41 Å². The highest BCUT2D eigenvalue weighted by Crippen LogP contribution is 2.40. The maximum Gasteiger partial charge on any atom is 0.149 e. The number of aryl methyl sites for hydroxylation is 1. The molecule has 6 heteroatoms. The molecule has 0 bridgehead atoms. The van der Waals surface area contributed by atoms with Gasteiger partial charge in [0.1, 0.15) is 11.5 Å². The number of benzene rings is 1. The van der Waals surface area contributed by atoms with E-state index in [1.807, 2.05) is 0 Å². The van der Waals surface area contributed by atoms with Crippen LogP contribution in [0.1, 0.15) is 64.9 Å². The van der Waals surface area contributed by atoms with Crippen LogP contribution in [0, 0.1) is 5.41 Å². The van der Waals surface area contributed by atoms with E-state index in [2.05, 4.69) is 74.2 Å². The summed E-state index contributed by atoms with van der Waals surface area (Å²) in [5.74, 6) is 1.52. The number of hydrogen-bond donors (Lipinski definition) is 4. The molecule has 2 heterocycles. The number of anilines is 3. The minimum absolute atomic E-state index is 0.251. The monoisotopic (exact) mass is 443 g/mol. The van der Waals surface area contributed by atoms with Crippen LogP contribution in [0.25, 0.3) is 10.9 Å². The van der Waals surface area contributed by atoms with Crippen LogP contribution in [0.15, 0.2) is 18.2 Å². The van der Waals surface area contributed by atoms with Gasteiger partial charge >= 0.3 is 0 Å². The van der Waals surface area contributed by atoms with Gasteiger partial charge < -0.3 is 21.3 Å². The summed E-state index contributed by atoms with van der Waals surface area (Å²) in [6.07, 6.45) is 8.50. The Kier molecular flexibility index (Phi) is 8.34. The molecular formula is C25H41N5S. The van der Waals surface area contributed by atoms with Crippen LogP contribution in [-0.4, -0.2) is 41.9 Å². The molecule has 1 aliphatic heterocycles. The van der Waals surface area contributed by atoms with Gasteiger partial charge in [-0.3, -0.25) is 0 Å². The summed E-state index contributed by atoms with van der Waals surface area (Å²) < 4.78 is 0. The van der Waals surface area contributed by atoms with Crippen LogP contribution >= 0.6 is 12.6 Å². The standard InChI is InChI=1S/C25H41N5S/c1-5-6-11-21-28-22-19-13-12-18(15-20(19)27-24(26)23(22)29-21)10-8-7-9-14-30(4)16-25(2,3)17-31/h12-13,15,21,28-29,31H,5-11,14,16-17H2,1-4H3,(H2,26,27). The minimum atomic E-state index is 0.251. The molecular weight excluding hydrogens is 402 g/mol. The molecule has 0 saturated carbocycles. The average Bonchev–Trinajstić information content (AvgIpc) is 3.16. The third kappa shape index (κ3) is 6.42. The van der Waals surface area contributed by atoms with Crippen LogP contribution in [0.4, 0.5) is 17.2 Å². The van der Waals surface area contributed by atoms with E-state index in [4.69, 9.17) is 10.7 Å². The first-order valence-electron chi connectivity index (χ1n) is 11.9. The quantitative estimate of drug-likeness (QED) is 0.248. The molecule has 1 aromatic carbocycles. The summed E-state index contributed by atoms with van der Waals surface area (Å²) in [6, 6.07) is 6.68. The summed E-state index contributed by atoms with van der Waals surface area (Å²) in [6.45, 7) is 9.03. The molecule has 5 nitrogen and oxygen atoms in total. The summed E-state index contributed by atoms with van der Waals surface area (Å²) in [5, 5.41) is 8.30. The van der Waals surface area contributed by atoms with E-state index in [0.717, 1.165) is 54.0 Å². The van der Waals surface area contributed by atoms with Gasteiger partial charge in [0.05, 0.1) is 17.4 Å². The van der Waals surface area contributed by atoms with Crippen molar-refractivity contribution < 1.29 is 0 Å². The van der Waals surface area contributed by atoms with Gasteiger partial charge in [-0.15, -0.1) is 0 Å². The van der Waals surface area contributed by atoms with E-state index in [0.29, 0.717) is 5.82 Å². The molecule has 0 spiro atoms. The maximum absolute atomic E-state index is 6.28. The molecule has 4 N–H and O–H groups in total. The Labute approximate surface area is 194 Å². The Bertz CT molecular complexity index is 867. The Hall–Kier alpha value is -1.66. The lowest BCUT2D eigenvalue weighted by atomic mass is 9.95. The van der Waals surface area contributed by atoms with E-state index in [9.17, 15) is 0 Å². The number of rotatable bonds is 12. The maximum atomic E-state index is 6.28. The molecule has 3 rings (SSSR count). The average molecular weight is 444 g/mol. The fourth-order valence-corrected chi connectivity index (χ4v) is 4.57. The topological polar surface area (TPSA) is 66.2 Å². The minimum Gasteiger partial charge on any atom is -0.382 e. The lowest BCUT2D eigenvalue weighted by molar-refractivity contribution is 0.227. The molecule has 0 fully saturated rings.